The molecule has 0 amide bonds. The highest BCUT2D eigenvalue weighted by Gasteiger charge is 2.15. The molecule has 4 nitrogen and oxygen atoms in total. The van der Waals surface area contributed by atoms with Gasteiger partial charge in [0.2, 0.25) is 0 Å². The molecule has 0 aromatic carbocycles. The molecule has 0 aliphatic heterocycles. The third-order valence-electron chi connectivity index (χ3n) is 1.45. The summed E-state index contributed by atoms with van der Waals surface area (Å²) in [4.78, 5) is 21.6. The number of aliphatic carboxylic acids is 1. The van der Waals surface area contributed by atoms with Crippen LogP contribution in [0.3, 0.4) is 0 Å². The Kier molecular flexibility index (Phi) is 4.80. The molecule has 0 spiro atoms. The van der Waals surface area contributed by atoms with E-state index in [9.17, 15) is 9.59 Å². The summed E-state index contributed by atoms with van der Waals surface area (Å²) < 4.78 is 4.71. The van der Waals surface area contributed by atoms with Gasteiger partial charge >= 0.3 is 11.9 Å². The Morgan fingerprint density at radius 1 is 1.31 bits per heavy atom. The highest BCUT2D eigenvalue weighted by molar-refractivity contribution is 5.94. The van der Waals surface area contributed by atoms with E-state index < -0.39 is 11.9 Å². The van der Waals surface area contributed by atoms with Crippen LogP contribution in [0.1, 0.15) is 27.2 Å². The topological polar surface area (TPSA) is 63.6 Å². The van der Waals surface area contributed by atoms with E-state index in [4.69, 9.17) is 9.84 Å². The minimum absolute atomic E-state index is 0.231. The van der Waals surface area contributed by atoms with E-state index in [0.717, 1.165) is 0 Å². The lowest BCUT2D eigenvalue weighted by Gasteiger charge is -2.05. The number of carbonyl (C=O) groups is 2. The molecule has 0 aliphatic carbocycles. The number of hydrogen-bond acceptors (Lipinski definition) is 3. The summed E-state index contributed by atoms with van der Waals surface area (Å²) in [6.07, 6.45) is -0.277. The SMILES string of the molecule is CCOC(=O)C(CC(=O)O)=C(C)C. The van der Waals surface area contributed by atoms with Gasteiger partial charge in [-0.25, -0.2) is 4.79 Å². The fourth-order valence-corrected chi connectivity index (χ4v) is 0.823. The van der Waals surface area contributed by atoms with Gasteiger partial charge in [-0.05, 0) is 20.8 Å². The average molecular weight is 186 g/mol. The molecule has 0 atom stereocenters. The number of esters is 1. The second kappa shape index (κ2) is 5.35. The number of carboxylic acid groups (broad SMARTS) is 1. The molecule has 1 N–H and O–H groups in total. The van der Waals surface area contributed by atoms with Gasteiger partial charge in [-0.2, -0.15) is 0 Å². The predicted molar refractivity (Wildman–Crippen MR) is 47.3 cm³/mol. The average Bonchev–Trinajstić information content (AvgIpc) is 1.99. The van der Waals surface area contributed by atoms with Crippen molar-refractivity contribution in [1.29, 1.82) is 0 Å². The lowest BCUT2D eigenvalue weighted by molar-refractivity contribution is -0.142. The second-order valence-electron chi connectivity index (χ2n) is 2.77. The van der Waals surface area contributed by atoms with E-state index in [0.29, 0.717) is 5.57 Å². The summed E-state index contributed by atoms with van der Waals surface area (Å²) in [5.41, 5.74) is 0.912. The van der Waals surface area contributed by atoms with E-state index in [1.807, 2.05) is 0 Å². The monoisotopic (exact) mass is 186 g/mol. The maximum Gasteiger partial charge on any atom is 0.334 e. The van der Waals surface area contributed by atoms with E-state index >= 15 is 0 Å². The molecule has 74 valence electrons. The van der Waals surface area contributed by atoms with E-state index in [-0.39, 0.29) is 18.6 Å². The smallest absolute Gasteiger partial charge is 0.334 e. The first-order valence-corrected chi connectivity index (χ1v) is 4.04. The minimum Gasteiger partial charge on any atom is -0.481 e. The highest BCUT2D eigenvalue weighted by atomic mass is 16.5. The number of carbonyl (C=O) groups excluding carboxylic acids is 1. The second-order valence-corrected chi connectivity index (χ2v) is 2.77. The first-order valence-electron chi connectivity index (χ1n) is 4.04. The summed E-state index contributed by atoms with van der Waals surface area (Å²) in [5, 5.41) is 8.51. The van der Waals surface area contributed by atoms with Gasteiger partial charge in [0.1, 0.15) is 0 Å². The zero-order valence-corrected chi connectivity index (χ0v) is 8.09. The van der Waals surface area contributed by atoms with Gasteiger partial charge in [-0.1, -0.05) is 5.57 Å². The van der Waals surface area contributed by atoms with Crippen molar-refractivity contribution in [2.24, 2.45) is 0 Å². The minimum atomic E-state index is -1.02. The maximum atomic E-state index is 11.2. The van der Waals surface area contributed by atoms with Gasteiger partial charge < -0.3 is 9.84 Å². The molecule has 0 unspecified atom stereocenters. The predicted octanol–water partition coefficient (Wildman–Crippen LogP) is 1.36. The van der Waals surface area contributed by atoms with Crippen molar-refractivity contribution in [3.8, 4) is 0 Å². The Morgan fingerprint density at radius 2 is 1.85 bits per heavy atom. The Morgan fingerprint density at radius 3 is 2.15 bits per heavy atom. The lowest BCUT2D eigenvalue weighted by atomic mass is 10.1. The molecular weight excluding hydrogens is 172 g/mol. The fraction of sp³-hybridized carbons (Fsp3) is 0.556. The number of hydrogen-bond donors (Lipinski definition) is 1. The molecule has 0 fully saturated rings. The van der Waals surface area contributed by atoms with Crippen molar-refractivity contribution in [3.63, 3.8) is 0 Å². The van der Waals surface area contributed by atoms with Crippen LogP contribution in [-0.4, -0.2) is 23.7 Å². The van der Waals surface area contributed by atoms with Crippen molar-refractivity contribution < 1.29 is 19.4 Å². The van der Waals surface area contributed by atoms with Gasteiger partial charge in [-0.15, -0.1) is 0 Å². The van der Waals surface area contributed by atoms with Gasteiger partial charge in [0.05, 0.1) is 13.0 Å². The van der Waals surface area contributed by atoms with Crippen molar-refractivity contribution in [3.05, 3.63) is 11.1 Å². The number of rotatable bonds is 4. The first-order chi connectivity index (χ1) is 5.99. The molecular formula is C9H14O4. The van der Waals surface area contributed by atoms with Crippen LogP contribution in [0.2, 0.25) is 0 Å². The van der Waals surface area contributed by atoms with E-state index in [2.05, 4.69) is 0 Å². The van der Waals surface area contributed by atoms with Crippen molar-refractivity contribution in [1.82, 2.24) is 0 Å². The van der Waals surface area contributed by atoms with Crippen LogP contribution >= 0.6 is 0 Å². The van der Waals surface area contributed by atoms with Crippen molar-refractivity contribution in [2.45, 2.75) is 27.2 Å². The number of allylic oxidation sites excluding steroid dienone is 1. The van der Waals surface area contributed by atoms with Gasteiger partial charge in [0.25, 0.3) is 0 Å². The van der Waals surface area contributed by atoms with Crippen LogP contribution in [0.5, 0.6) is 0 Å². The van der Waals surface area contributed by atoms with Crippen LogP contribution in [0.25, 0.3) is 0 Å². The third kappa shape index (κ3) is 4.30. The molecule has 0 rings (SSSR count). The molecule has 4 heteroatoms. The number of carboxylic acids is 1. The largest absolute Gasteiger partial charge is 0.481 e. The standard InChI is InChI=1S/C9H14O4/c1-4-13-9(12)7(6(2)3)5-8(10)11/h4-5H2,1-3H3,(H,10,11). The normalized spacial score (nSPS) is 9.15. The first kappa shape index (κ1) is 11.7. The quantitative estimate of drug-likeness (QED) is 0.532. The lowest BCUT2D eigenvalue weighted by Crippen LogP contribution is -2.12. The maximum absolute atomic E-state index is 11.2. The molecule has 0 aromatic rings. The van der Waals surface area contributed by atoms with Crippen molar-refractivity contribution in [2.75, 3.05) is 6.61 Å². The van der Waals surface area contributed by atoms with Crippen LogP contribution in [0.4, 0.5) is 0 Å². The zero-order chi connectivity index (χ0) is 10.4. The highest BCUT2D eigenvalue weighted by Crippen LogP contribution is 2.10. The van der Waals surface area contributed by atoms with Gasteiger partial charge in [0, 0.05) is 5.57 Å². The Labute approximate surface area is 77.2 Å². The Hall–Kier alpha value is -1.32. The van der Waals surface area contributed by atoms with Crippen LogP contribution < -0.4 is 0 Å². The molecule has 0 bridgehead atoms. The van der Waals surface area contributed by atoms with Crippen LogP contribution in [-0.2, 0) is 14.3 Å². The van der Waals surface area contributed by atoms with Crippen LogP contribution in [0, 0.1) is 0 Å². The summed E-state index contributed by atoms with van der Waals surface area (Å²) in [6, 6.07) is 0. The summed E-state index contributed by atoms with van der Waals surface area (Å²) in [7, 11) is 0. The van der Waals surface area contributed by atoms with E-state index in [1.54, 1.807) is 20.8 Å². The van der Waals surface area contributed by atoms with E-state index in [1.165, 1.54) is 0 Å². The summed E-state index contributed by atoms with van der Waals surface area (Å²) >= 11 is 0. The zero-order valence-electron chi connectivity index (χ0n) is 8.09. The molecule has 13 heavy (non-hydrogen) atoms. The fourth-order valence-electron chi connectivity index (χ4n) is 0.823. The molecule has 0 saturated heterocycles. The molecule has 0 heterocycles. The van der Waals surface area contributed by atoms with Gasteiger partial charge in [-0.3, -0.25) is 4.79 Å². The van der Waals surface area contributed by atoms with Crippen LogP contribution in [0.15, 0.2) is 11.1 Å². The summed E-state index contributed by atoms with van der Waals surface area (Å²) in [6.45, 7) is 5.32. The van der Waals surface area contributed by atoms with Gasteiger partial charge in [0.15, 0.2) is 0 Å². The molecule has 0 saturated carbocycles. The summed E-state index contributed by atoms with van der Waals surface area (Å²) in [5.74, 6) is -1.56. The molecule has 0 aliphatic rings. The molecule has 0 aromatic heterocycles. The Bertz CT molecular complexity index is 236. The number of ether oxygens (including phenoxy) is 1. The van der Waals surface area contributed by atoms with Crippen molar-refractivity contribution >= 4 is 11.9 Å². The Balaban J connectivity index is 4.54. The third-order valence-corrected chi connectivity index (χ3v) is 1.45. The molecule has 0 radical (unpaired) electrons.